The molecule has 0 spiro atoms. The predicted molar refractivity (Wildman–Crippen MR) is 85.7 cm³/mol. The molecule has 0 saturated heterocycles. The summed E-state index contributed by atoms with van der Waals surface area (Å²) in [6, 6.07) is 8.14. The molecule has 1 fully saturated rings. The zero-order valence-electron chi connectivity index (χ0n) is 11.5. The second kappa shape index (κ2) is 5.96. The standard InChI is InChI=1S/C8H5N2.C7H9N2S.Sn/c1-3-7-8(9-5-1)4-2-6-10-7;1-2-4-6(3-1)7-9-8-5-10-7;/h1-5H;6H,1-4H2;. The van der Waals surface area contributed by atoms with Crippen molar-refractivity contribution >= 4 is 50.2 Å². The molecule has 0 bridgehead atoms. The number of pyridine rings is 2. The van der Waals surface area contributed by atoms with Crippen LogP contribution in [0.1, 0.15) is 36.6 Å². The first-order chi connectivity index (χ1) is 10.4. The molecule has 3 heterocycles. The number of rotatable bonds is 3. The van der Waals surface area contributed by atoms with E-state index in [0.29, 0.717) is 5.92 Å². The summed E-state index contributed by atoms with van der Waals surface area (Å²) in [5.41, 5.74) is 1.95. The van der Waals surface area contributed by atoms with Gasteiger partial charge in [0.2, 0.25) is 0 Å². The van der Waals surface area contributed by atoms with Gasteiger partial charge in [-0.25, -0.2) is 0 Å². The van der Waals surface area contributed by atoms with Crippen LogP contribution in [0.2, 0.25) is 0 Å². The van der Waals surface area contributed by atoms with Gasteiger partial charge in [0.1, 0.15) is 0 Å². The Labute approximate surface area is 137 Å². The Bertz CT molecular complexity index is 767. The Hall–Kier alpha value is -1.08. The van der Waals surface area contributed by atoms with Crippen molar-refractivity contribution in [1.29, 1.82) is 0 Å². The molecule has 3 aromatic rings. The molecule has 21 heavy (non-hydrogen) atoms. The van der Waals surface area contributed by atoms with E-state index in [1.807, 2.05) is 29.7 Å². The average molecular weight is 401 g/mol. The molecule has 1 aliphatic rings. The van der Waals surface area contributed by atoms with Gasteiger partial charge in [-0.3, -0.25) is 0 Å². The molecule has 0 aromatic carbocycles. The number of aromatic nitrogens is 4. The van der Waals surface area contributed by atoms with Crippen LogP contribution in [0, 0.1) is 0 Å². The predicted octanol–water partition coefficient (Wildman–Crippen LogP) is 1.79. The van der Waals surface area contributed by atoms with Gasteiger partial charge in [0, 0.05) is 0 Å². The van der Waals surface area contributed by atoms with Gasteiger partial charge in [-0.05, 0) is 0 Å². The number of fused-ring (bicyclic) bond motifs is 1. The van der Waals surface area contributed by atoms with E-state index in [4.69, 9.17) is 4.98 Å². The SMILES string of the molecule is c1cnc2cc[c]([Sn][c]3nnc(C4CCCC4)s3)nc2c1. The fraction of sp³-hybridized carbons (Fsp3) is 0.333. The van der Waals surface area contributed by atoms with Gasteiger partial charge in [0.15, 0.2) is 0 Å². The number of hydrogen-bond donors (Lipinski definition) is 0. The Morgan fingerprint density at radius 1 is 1.05 bits per heavy atom. The molecule has 0 atom stereocenters. The average Bonchev–Trinajstić information content (AvgIpc) is 3.18. The summed E-state index contributed by atoms with van der Waals surface area (Å²) < 4.78 is 2.43. The molecule has 2 radical (unpaired) electrons. The Morgan fingerprint density at radius 3 is 2.86 bits per heavy atom. The minimum absolute atomic E-state index is 0.671. The summed E-state index contributed by atoms with van der Waals surface area (Å²) in [5, 5.41) is 10.1. The van der Waals surface area contributed by atoms with E-state index in [1.165, 1.54) is 37.4 Å². The first-order valence-electron chi connectivity index (χ1n) is 7.21. The summed E-state index contributed by atoms with van der Waals surface area (Å²) in [7, 11) is 0. The van der Waals surface area contributed by atoms with E-state index >= 15 is 0 Å². The van der Waals surface area contributed by atoms with Crippen LogP contribution in [0.5, 0.6) is 0 Å². The van der Waals surface area contributed by atoms with Crippen molar-refractivity contribution in [2.24, 2.45) is 0 Å². The van der Waals surface area contributed by atoms with Gasteiger partial charge in [-0.15, -0.1) is 0 Å². The van der Waals surface area contributed by atoms with Crippen LogP contribution in [0.25, 0.3) is 11.0 Å². The van der Waals surface area contributed by atoms with Gasteiger partial charge in [-0.2, -0.15) is 0 Å². The first kappa shape index (κ1) is 13.6. The summed E-state index contributed by atoms with van der Waals surface area (Å²) in [5.74, 6) is 0.671. The molecule has 0 amide bonds. The van der Waals surface area contributed by atoms with E-state index in [-0.39, 0.29) is 0 Å². The van der Waals surface area contributed by atoms with Crippen LogP contribution in [-0.4, -0.2) is 41.3 Å². The summed E-state index contributed by atoms with van der Waals surface area (Å²) in [4.78, 5) is 9.05. The van der Waals surface area contributed by atoms with E-state index in [0.717, 1.165) is 11.0 Å². The van der Waals surface area contributed by atoms with Crippen LogP contribution in [0.4, 0.5) is 0 Å². The van der Waals surface area contributed by atoms with Crippen LogP contribution >= 0.6 is 11.3 Å². The third-order valence-electron chi connectivity index (χ3n) is 3.84. The molecule has 0 aliphatic heterocycles. The van der Waals surface area contributed by atoms with E-state index in [2.05, 4.69) is 27.3 Å². The van der Waals surface area contributed by atoms with Gasteiger partial charge < -0.3 is 0 Å². The molecule has 1 aliphatic carbocycles. The van der Waals surface area contributed by atoms with Crippen LogP contribution in [0.15, 0.2) is 30.5 Å². The third-order valence-corrected chi connectivity index (χ3v) is 8.72. The third kappa shape index (κ3) is 2.94. The maximum absolute atomic E-state index is 4.73. The normalized spacial score (nSPS) is 15.8. The molecular formula is C15H14N4SSn. The molecular weight excluding hydrogens is 387 g/mol. The first-order valence-corrected chi connectivity index (χ1v) is 10.9. The van der Waals surface area contributed by atoms with Gasteiger partial charge in [0.25, 0.3) is 0 Å². The van der Waals surface area contributed by atoms with E-state index in [1.54, 1.807) is 0 Å². The summed E-state index contributed by atoms with van der Waals surface area (Å²) >= 11 is 0.896. The van der Waals surface area contributed by atoms with Crippen LogP contribution < -0.4 is 6.73 Å². The van der Waals surface area contributed by atoms with Crippen molar-refractivity contribution in [3.8, 4) is 0 Å². The van der Waals surface area contributed by atoms with Crippen molar-refractivity contribution < 1.29 is 0 Å². The van der Waals surface area contributed by atoms with Crippen LogP contribution in [0.3, 0.4) is 0 Å². The van der Waals surface area contributed by atoms with Gasteiger partial charge in [0.05, 0.1) is 0 Å². The molecule has 4 rings (SSSR count). The zero-order valence-corrected chi connectivity index (χ0v) is 15.2. The van der Waals surface area contributed by atoms with Crippen molar-refractivity contribution in [1.82, 2.24) is 20.2 Å². The fourth-order valence-electron chi connectivity index (χ4n) is 2.76. The topological polar surface area (TPSA) is 51.6 Å². The van der Waals surface area contributed by atoms with Gasteiger partial charge >= 0.3 is 137 Å². The van der Waals surface area contributed by atoms with E-state index in [9.17, 15) is 0 Å². The molecule has 4 nitrogen and oxygen atoms in total. The maximum atomic E-state index is 4.73. The number of nitrogens with zero attached hydrogens (tertiary/aromatic N) is 4. The fourth-order valence-corrected chi connectivity index (χ4v) is 7.50. The van der Waals surface area contributed by atoms with Gasteiger partial charge in [-0.1, -0.05) is 0 Å². The Balaban J connectivity index is 1.56. The molecule has 1 saturated carbocycles. The van der Waals surface area contributed by atoms with Crippen LogP contribution in [-0.2, 0) is 0 Å². The monoisotopic (exact) mass is 402 g/mol. The van der Waals surface area contributed by atoms with Crippen molar-refractivity contribution in [3.05, 3.63) is 35.5 Å². The molecule has 0 N–H and O–H groups in total. The summed E-state index contributed by atoms with van der Waals surface area (Å²) in [6.07, 6.45) is 7.08. The molecule has 0 unspecified atom stereocenters. The summed E-state index contributed by atoms with van der Waals surface area (Å²) in [6.45, 7) is 0. The van der Waals surface area contributed by atoms with E-state index < -0.39 is 21.1 Å². The van der Waals surface area contributed by atoms with Crippen molar-refractivity contribution in [2.75, 3.05) is 0 Å². The Kier molecular flexibility index (Phi) is 3.85. The Morgan fingerprint density at radius 2 is 1.95 bits per heavy atom. The van der Waals surface area contributed by atoms with Crippen molar-refractivity contribution in [3.63, 3.8) is 0 Å². The molecule has 3 aromatic heterocycles. The van der Waals surface area contributed by atoms with Crippen molar-refractivity contribution in [2.45, 2.75) is 31.6 Å². The molecule has 104 valence electrons. The minimum atomic E-state index is -0.932. The zero-order chi connectivity index (χ0) is 14.1. The quantitative estimate of drug-likeness (QED) is 0.629. The number of hydrogen-bond acceptors (Lipinski definition) is 5. The second-order valence-corrected chi connectivity index (χ2v) is 10.9. The molecule has 6 heteroatoms. The second-order valence-electron chi connectivity index (χ2n) is 5.29.